The second-order valence-corrected chi connectivity index (χ2v) is 3.27. The van der Waals surface area contributed by atoms with Gasteiger partial charge in [-0.25, -0.2) is 0 Å². The fourth-order valence-corrected chi connectivity index (χ4v) is 1.59. The number of nitrogens with zero attached hydrogens (tertiary/aromatic N) is 1. The Hall–Kier alpha value is -1.61. The van der Waals surface area contributed by atoms with Crippen LogP contribution in [0.4, 0.5) is 5.69 Å². The lowest BCUT2D eigenvalue weighted by molar-refractivity contribution is 0.482. The molecule has 0 aromatic heterocycles. The van der Waals surface area contributed by atoms with Crippen molar-refractivity contribution in [2.75, 3.05) is 0 Å². The maximum Gasteiger partial charge on any atom is 0.142 e. The maximum atomic E-state index is 10.5. The first-order chi connectivity index (χ1) is 6.74. The number of rotatable bonds is 1. The predicted octanol–water partition coefficient (Wildman–Crippen LogP) is 3.60. The minimum Gasteiger partial charge on any atom is -0.506 e. The smallest absolute Gasteiger partial charge is 0.142 e. The number of hydrogen-bond donors (Lipinski definition) is 1. The molecule has 70 valence electrons. The van der Waals surface area contributed by atoms with Gasteiger partial charge in [-0.1, -0.05) is 35.9 Å². The van der Waals surface area contributed by atoms with Crippen LogP contribution in [0.5, 0.6) is 5.75 Å². The lowest BCUT2D eigenvalue weighted by Gasteiger charge is -2.03. The van der Waals surface area contributed by atoms with Gasteiger partial charge in [0.15, 0.2) is 0 Å². The zero-order valence-electron chi connectivity index (χ0n) is 7.07. The summed E-state index contributed by atoms with van der Waals surface area (Å²) >= 11 is 5.72. The van der Waals surface area contributed by atoms with Gasteiger partial charge in [-0.15, -0.1) is 4.91 Å². The third-order valence-corrected chi connectivity index (χ3v) is 2.33. The van der Waals surface area contributed by atoms with Crippen LogP contribution in [-0.2, 0) is 0 Å². The minimum atomic E-state index is -0.0188. The van der Waals surface area contributed by atoms with Crippen LogP contribution in [0, 0.1) is 4.91 Å². The van der Waals surface area contributed by atoms with Gasteiger partial charge >= 0.3 is 0 Å². The largest absolute Gasteiger partial charge is 0.506 e. The number of phenols is 1. The average molecular weight is 208 g/mol. The average Bonchev–Trinajstić information content (AvgIpc) is 2.23. The maximum absolute atomic E-state index is 10.5. The molecule has 1 N–H and O–H groups in total. The fourth-order valence-electron chi connectivity index (χ4n) is 1.38. The Morgan fingerprint density at radius 1 is 1.21 bits per heavy atom. The first-order valence-corrected chi connectivity index (χ1v) is 4.35. The van der Waals surface area contributed by atoms with E-state index in [9.17, 15) is 10.0 Å². The summed E-state index contributed by atoms with van der Waals surface area (Å²) in [6, 6.07) is 8.27. The molecule has 0 fully saturated rings. The van der Waals surface area contributed by atoms with Gasteiger partial charge in [0.2, 0.25) is 0 Å². The van der Waals surface area contributed by atoms with Crippen molar-refractivity contribution in [2.24, 2.45) is 5.18 Å². The van der Waals surface area contributed by atoms with Crippen molar-refractivity contribution in [3.8, 4) is 5.75 Å². The lowest BCUT2D eigenvalue weighted by atomic mass is 10.1. The van der Waals surface area contributed by atoms with E-state index in [-0.39, 0.29) is 16.5 Å². The highest BCUT2D eigenvalue weighted by Gasteiger charge is 2.09. The van der Waals surface area contributed by atoms with Crippen LogP contribution in [-0.4, -0.2) is 5.11 Å². The lowest BCUT2D eigenvalue weighted by Crippen LogP contribution is -1.76. The fraction of sp³-hybridized carbons (Fsp3) is 0. The molecule has 0 saturated carbocycles. The summed E-state index contributed by atoms with van der Waals surface area (Å²) in [5.41, 5.74) is 0.239. The molecule has 4 heteroatoms. The zero-order valence-corrected chi connectivity index (χ0v) is 7.82. The zero-order chi connectivity index (χ0) is 10.1. The van der Waals surface area contributed by atoms with Crippen molar-refractivity contribution >= 4 is 28.1 Å². The number of halogens is 1. The number of nitroso groups, excluding NO2 is 1. The molecule has 14 heavy (non-hydrogen) atoms. The highest BCUT2D eigenvalue weighted by molar-refractivity contribution is 6.33. The molecule has 0 atom stereocenters. The Morgan fingerprint density at radius 3 is 2.50 bits per heavy atom. The van der Waals surface area contributed by atoms with Crippen LogP contribution in [0.2, 0.25) is 5.02 Å². The summed E-state index contributed by atoms with van der Waals surface area (Å²) in [6.07, 6.45) is 0. The molecule has 2 aromatic carbocycles. The Balaban J connectivity index is 2.96. The third-order valence-electron chi connectivity index (χ3n) is 2.05. The first-order valence-electron chi connectivity index (χ1n) is 3.97. The van der Waals surface area contributed by atoms with Gasteiger partial charge < -0.3 is 5.11 Å². The topological polar surface area (TPSA) is 49.7 Å². The van der Waals surface area contributed by atoms with Crippen LogP contribution < -0.4 is 0 Å². The third kappa shape index (κ3) is 1.22. The highest BCUT2D eigenvalue weighted by atomic mass is 35.5. The van der Waals surface area contributed by atoms with Crippen molar-refractivity contribution in [1.29, 1.82) is 0 Å². The summed E-state index contributed by atoms with van der Waals surface area (Å²) in [5, 5.41) is 13.7. The van der Waals surface area contributed by atoms with Gasteiger partial charge in [0.1, 0.15) is 11.4 Å². The van der Waals surface area contributed by atoms with Crippen molar-refractivity contribution in [3.63, 3.8) is 0 Å². The Bertz CT molecular complexity index is 511. The summed E-state index contributed by atoms with van der Waals surface area (Å²) < 4.78 is 0. The molecule has 0 amide bonds. The van der Waals surface area contributed by atoms with E-state index in [1.165, 1.54) is 6.07 Å². The molecule has 0 unspecified atom stereocenters. The van der Waals surface area contributed by atoms with Gasteiger partial charge in [-0.2, -0.15) is 0 Å². The Morgan fingerprint density at radius 2 is 1.86 bits per heavy atom. The van der Waals surface area contributed by atoms with E-state index in [4.69, 9.17) is 11.6 Å². The van der Waals surface area contributed by atoms with Crippen LogP contribution in [0.25, 0.3) is 10.8 Å². The molecule has 0 saturated heterocycles. The minimum absolute atomic E-state index is 0.0188. The molecular weight excluding hydrogens is 202 g/mol. The number of aromatic hydroxyl groups is 1. The summed E-state index contributed by atoms with van der Waals surface area (Å²) in [7, 11) is 0. The standard InChI is InChI=1S/C10H6ClNO2/c11-8-5-9(12-14)6-3-1-2-4-7(6)10(8)13/h1-5,13H. The monoisotopic (exact) mass is 207 g/mol. The van der Waals surface area contributed by atoms with Crippen molar-refractivity contribution in [2.45, 2.75) is 0 Å². The van der Waals surface area contributed by atoms with E-state index in [2.05, 4.69) is 5.18 Å². The van der Waals surface area contributed by atoms with Crippen molar-refractivity contribution in [3.05, 3.63) is 40.3 Å². The molecule has 0 spiro atoms. The number of benzene rings is 2. The predicted molar refractivity (Wildman–Crippen MR) is 56.1 cm³/mol. The molecule has 2 aromatic rings. The molecule has 0 aliphatic heterocycles. The Labute approximate surface area is 84.9 Å². The molecule has 2 rings (SSSR count). The van der Waals surface area contributed by atoms with Gasteiger partial charge in [0.25, 0.3) is 0 Å². The molecule has 0 aliphatic rings. The van der Waals surface area contributed by atoms with Crippen LogP contribution in [0.3, 0.4) is 0 Å². The number of hydrogen-bond acceptors (Lipinski definition) is 3. The number of fused-ring (bicyclic) bond motifs is 1. The van der Waals surface area contributed by atoms with Gasteiger partial charge in [-0.3, -0.25) is 0 Å². The summed E-state index contributed by atoms with van der Waals surface area (Å²) in [5.74, 6) is -0.0188. The quantitative estimate of drug-likeness (QED) is 0.727. The SMILES string of the molecule is O=Nc1cc(Cl)c(O)c2ccccc12. The van der Waals surface area contributed by atoms with Crippen molar-refractivity contribution in [1.82, 2.24) is 0 Å². The van der Waals surface area contributed by atoms with E-state index in [0.717, 1.165) is 0 Å². The second-order valence-electron chi connectivity index (χ2n) is 2.86. The molecule has 0 heterocycles. The number of phenolic OH excluding ortho intramolecular Hbond substituents is 1. The van der Waals surface area contributed by atoms with E-state index >= 15 is 0 Å². The van der Waals surface area contributed by atoms with Gasteiger partial charge in [0.05, 0.1) is 5.02 Å². The van der Waals surface area contributed by atoms with Gasteiger partial charge in [-0.05, 0) is 11.2 Å². The summed E-state index contributed by atoms with van der Waals surface area (Å²) in [6.45, 7) is 0. The molecule has 0 radical (unpaired) electrons. The van der Waals surface area contributed by atoms with E-state index in [1.54, 1.807) is 24.3 Å². The van der Waals surface area contributed by atoms with Crippen LogP contribution in [0.1, 0.15) is 0 Å². The first kappa shape index (κ1) is 8.97. The molecule has 0 aliphatic carbocycles. The molecular formula is C10H6ClNO2. The second kappa shape index (κ2) is 3.27. The van der Waals surface area contributed by atoms with Crippen LogP contribution >= 0.6 is 11.6 Å². The van der Waals surface area contributed by atoms with E-state index < -0.39 is 0 Å². The van der Waals surface area contributed by atoms with Crippen LogP contribution in [0.15, 0.2) is 35.5 Å². The van der Waals surface area contributed by atoms with Gasteiger partial charge in [0, 0.05) is 10.8 Å². The molecule has 3 nitrogen and oxygen atoms in total. The summed E-state index contributed by atoms with van der Waals surface area (Å²) in [4.78, 5) is 10.5. The highest BCUT2D eigenvalue weighted by Crippen LogP contribution is 2.38. The van der Waals surface area contributed by atoms with Crippen molar-refractivity contribution < 1.29 is 5.11 Å². The Kier molecular flexibility index (Phi) is 2.09. The molecule has 0 bridgehead atoms. The normalized spacial score (nSPS) is 10.4. The van der Waals surface area contributed by atoms with E-state index in [1.807, 2.05) is 0 Å². The van der Waals surface area contributed by atoms with E-state index in [0.29, 0.717) is 10.8 Å².